The van der Waals surface area contributed by atoms with Crippen LogP contribution in [0.25, 0.3) is 0 Å². The Morgan fingerprint density at radius 1 is 1.33 bits per heavy atom. The Labute approximate surface area is 128 Å². The zero-order valence-electron chi connectivity index (χ0n) is 13.1. The molecule has 116 valence electrons. The summed E-state index contributed by atoms with van der Waals surface area (Å²) in [7, 11) is 0. The zero-order chi connectivity index (χ0) is 14.9. The predicted octanol–water partition coefficient (Wildman–Crippen LogP) is 2.90. The summed E-state index contributed by atoms with van der Waals surface area (Å²) in [6.45, 7) is 4.07. The van der Waals surface area contributed by atoms with Gasteiger partial charge in [0, 0.05) is 12.6 Å². The maximum Gasteiger partial charge on any atom is 0.224 e. The Hall–Kier alpha value is -1.35. The van der Waals surface area contributed by atoms with Gasteiger partial charge in [-0.15, -0.1) is 0 Å². The minimum Gasteiger partial charge on any atom is -0.353 e. The monoisotopic (exact) mass is 288 g/mol. The molecule has 0 saturated carbocycles. The van der Waals surface area contributed by atoms with Crippen molar-refractivity contribution < 1.29 is 4.79 Å². The standard InChI is InChI=1S/C18H28N2O/c1-2-7-17(12-11-15-8-4-3-5-9-15)20-18(21)16-10-6-13-19-14-16/h3-5,8-9,16-17,19H,2,6-7,10-14H2,1H3,(H,20,21). The molecule has 0 aliphatic carbocycles. The van der Waals surface area contributed by atoms with E-state index in [-0.39, 0.29) is 11.8 Å². The predicted molar refractivity (Wildman–Crippen MR) is 87.2 cm³/mol. The van der Waals surface area contributed by atoms with Crippen molar-refractivity contribution in [1.82, 2.24) is 10.6 Å². The topological polar surface area (TPSA) is 41.1 Å². The highest BCUT2D eigenvalue weighted by Gasteiger charge is 2.22. The van der Waals surface area contributed by atoms with Crippen molar-refractivity contribution in [1.29, 1.82) is 0 Å². The van der Waals surface area contributed by atoms with E-state index in [1.807, 2.05) is 6.07 Å². The number of hydrogen-bond acceptors (Lipinski definition) is 2. The molecule has 2 N–H and O–H groups in total. The molecule has 0 aromatic heterocycles. The number of nitrogens with one attached hydrogen (secondary N) is 2. The van der Waals surface area contributed by atoms with Gasteiger partial charge in [0.2, 0.25) is 5.91 Å². The molecular formula is C18H28N2O. The van der Waals surface area contributed by atoms with E-state index in [1.165, 1.54) is 5.56 Å². The van der Waals surface area contributed by atoms with Gasteiger partial charge in [-0.1, -0.05) is 43.7 Å². The summed E-state index contributed by atoms with van der Waals surface area (Å²) in [5.41, 5.74) is 1.35. The summed E-state index contributed by atoms with van der Waals surface area (Å²) in [6.07, 6.45) is 6.39. The Balaban J connectivity index is 1.81. The molecule has 0 spiro atoms. The number of aryl methyl sites for hydroxylation is 1. The first-order valence-corrected chi connectivity index (χ1v) is 8.34. The molecule has 0 bridgehead atoms. The van der Waals surface area contributed by atoms with E-state index in [9.17, 15) is 4.79 Å². The van der Waals surface area contributed by atoms with E-state index in [2.05, 4.69) is 41.8 Å². The molecule has 1 amide bonds. The van der Waals surface area contributed by atoms with E-state index in [1.54, 1.807) is 0 Å². The summed E-state index contributed by atoms with van der Waals surface area (Å²) in [4.78, 5) is 12.3. The highest BCUT2D eigenvalue weighted by Crippen LogP contribution is 2.13. The van der Waals surface area contributed by atoms with Crippen LogP contribution in [0.5, 0.6) is 0 Å². The van der Waals surface area contributed by atoms with Crippen LogP contribution in [0, 0.1) is 5.92 Å². The first-order valence-electron chi connectivity index (χ1n) is 8.34. The molecule has 0 radical (unpaired) electrons. The third-order valence-electron chi connectivity index (χ3n) is 4.28. The minimum atomic E-state index is 0.162. The third-order valence-corrected chi connectivity index (χ3v) is 4.28. The number of hydrogen-bond donors (Lipinski definition) is 2. The maximum absolute atomic E-state index is 12.3. The summed E-state index contributed by atoms with van der Waals surface area (Å²) in [5.74, 6) is 0.406. The molecule has 1 saturated heterocycles. The van der Waals surface area contributed by atoms with Gasteiger partial charge < -0.3 is 10.6 Å². The molecule has 2 rings (SSSR count). The van der Waals surface area contributed by atoms with Gasteiger partial charge in [0.05, 0.1) is 5.92 Å². The number of benzene rings is 1. The quantitative estimate of drug-likeness (QED) is 0.810. The van der Waals surface area contributed by atoms with Crippen molar-refractivity contribution in [2.45, 2.75) is 51.5 Å². The molecule has 3 heteroatoms. The molecule has 1 aliphatic rings. The fraction of sp³-hybridized carbons (Fsp3) is 0.611. The lowest BCUT2D eigenvalue weighted by Crippen LogP contribution is -2.44. The number of carbonyl (C=O) groups is 1. The summed E-state index contributed by atoms with van der Waals surface area (Å²) in [6, 6.07) is 10.8. The number of rotatable bonds is 7. The van der Waals surface area contributed by atoms with Crippen LogP contribution in [0.3, 0.4) is 0 Å². The molecule has 1 fully saturated rings. The van der Waals surface area contributed by atoms with Gasteiger partial charge in [0.15, 0.2) is 0 Å². The van der Waals surface area contributed by atoms with Crippen molar-refractivity contribution in [2.75, 3.05) is 13.1 Å². The highest BCUT2D eigenvalue weighted by molar-refractivity contribution is 5.79. The number of carbonyl (C=O) groups excluding carboxylic acids is 1. The van der Waals surface area contributed by atoms with Gasteiger partial charge in [0.25, 0.3) is 0 Å². The van der Waals surface area contributed by atoms with Gasteiger partial charge in [-0.25, -0.2) is 0 Å². The molecule has 2 atom stereocenters. The summed E-state index contributed by atoms with van der Waals surface area (Å²) < 4.78 is 0. The van der Waals surface area contributed by atoms with Crippen LogP contribution < -0.4 is 10.6 Å². The first-order chi connectivity index (χ1) is 10.3. The molecule has 1 aromatic rings. The SMILES string of the molecule is CCCC(CCc1ccccc1)NC(=O)C1CCCNC1. The molecule has 21 heavy (non-hydrogen) atoms. The van der Waals surface area contributed by atoms with Gasteiger partial charge in [0.1, 0.15) is 0 Å². The number of piperidine rings is 1. The maximum atomic E-state index is 12.3. The Morgan fingerprint density at radius 3 is 2.81 bits per heavy atom. The van der Waals surface area contributed by atoms with Crippen molar-refractivity contribution in [3.8, 4) is 0 Å². The lowest BCUT2D eigenvalue weighted by atomic mass is 9.96. The lowest BCUT2D eigenvalue weighted by molar-refractivity contribution is -0.126. The van der Waals surface area contributed by atoms with Crippen LogP contribution in [0.4, 0.5) is 0 Å². The van der Waals surface area contributed by atoms with Crippen molar-refractivity contribution in [3.05, 3.63) is 35.9 Å². The normalized spacial score (nSPS) is 20.0. The Bertz CT molecular complexity index is 412. The first kappa shape index (κ1) is 16.0. The summed E-state index contributed by atoms with van der Waals surface area (Å²) >= 11 is 0. The van der Waals surface area contributed by atoms with Gasteiger partial charge in [-0.3, -0.25) is 4.79 Å². The smallest absolute Gasteiger partial charge is 0.224 e. The Morgan fingerprint density at radius 2 is 2.14 bits per heavy atom. The average molecular weight is 288 g/mol. The van der Waals surface area contributed by atoms with Gasteiger partial charge in [-0.2, -0.15) is 0 Å². The van der Waals surface area contributed by atoms with E-state index in [4.69, 9.17) is 0 Å². The van der Waals surface area contributed by atoms with Crippen molar-refractivity contribution in [3.63, 3.8) is 0 Å². The van der Waals surface area contributed by atoms with Crippen LogP contribution in [-0.2, 0) is 11.2 Å². The van der Waals surface area contributed by atoms with Gasteiger partial charge >= 0.3 is 0 Å². The van der Waals surface area contributed by atoms with E-state index in [0.717, 1.165) is 51.6 Å². The van der Waals surface area contributed by atoms with Crippen LogP contribution >= 0.6 is 0 Å². The van der Waals surface area contributed by atoms with E-state index >= 15 is 0 Å². The molecular weight excluding hydrogens is 260 g/mol. The zero-order valence-corrected chi connectivity index (χ0v) is 13.1. The van der Waals surface area contributed by atoms with Crippen molar-refractivity contribution in [2.24, 2.45) is 5.92 Å². The van der Waals surface area contributed by atoms with Gasteiger partial charge in [-0.05, 0) is 44.2 Å². The van der Waals surface area contributed by atoms with Crippen LogP contribution in [-0.4, -0.2) is 25.0 Å². The van der Waals surface area contributed by atoms with Crippen LogP contribution in [0.1, 0.15) is 44.6 Å². The van der Waals surface area contributed by atoms with Crippen LogP contribution in [0.15, 0.2) is 30.3 Å². The third kappa shape index (κ3) is 5.50. The van der Waals surface area contributed by atoms with Crippen molar-refractivity contribution >= 4 is 5.91 Å². The second-order valence-electron chi connectivity index (χ2n) is 6.06. The fourth-order valence-corrected chi connectivity index (χ4v) is 3.02. The molecule has 1 heterocycles. The second-order valence-corrected chi connectivity index (χ2v) is 6.06. The summed E-state index contributed by atoms with van der Waals surface area (Å²) in [5, 5.41) is 6.60. The highest BCUT2D eigenvalue weighted by atomic mass is 16.2. The van der Waals surface area contributed by atoms with E-state index in [0.29, 0.717) is 6.04 Å². The largest absolute Gasteiger partial charge is 0.353 e. The average Bonchev–Trinajstić information content (AvgIpc) is 2.54. The molecule has 2 unspecified atom stereocenters. The molecule has 1 aromatic carbocycles. The van der Waals surface area contributed by atoms with Crippen LogP contribution in [0.2, 0.25) is 0 Å². The Kier molecular flexibility index (Phi) is 6.74. The lowest BCUT2D eigenvalue weighted by Gasteiger charge is -2.25. The molecule has 1 aliphatic heterocycles. The van der Waals surface area contributed by atoms with E-state index < -0.39 is 0 Å². The second kappa shape index (κ2) is 8.83. The number of amides is 1. The molecule has 3 nitrogen and oxygen atoms in total. The minimum absolute atomic E-state index is 0.162. The fourth-order valence-electron chi connectivity index (χ4n) is 3.02.